The van der Waals surface area contributed by atoms with E-state index in [1.54, 1.807) is 11.1 Å². The zero-order valence-electron chi connectivity index (χ0n) is 12.5. The number of hydrogen-bond acceptors (Lipinski definition) is 1. The molecular weight excluding hydrogens is 230 g/mol. The van der Waals surface area contributed by atoms with Crippen LogP contribution in [0.25, 0.3) is 5.57 Å². The van der Waals surface area contributed by atoms with Crippen LogP contribution in [0.4, 0.5) is 5.69 Å². The molecule has 1 unspecified atom stereocenters. The number of allylic oxidation sites excluding steroid dienone is 1. The van der Waals surface area contributed by atoms with Crippen LogP contribution in [0.2, 0.25) is 0 Å². The molecule has 1 aliphatic carbocycles. The lowest BCUT2D eigenvalue weighted by Crippen LogP contribution is -2.35. The largest absolute Gasteiger partial charge is 0.376 e. The van der Waals surface area contributed by atoms with Crippen LogP contribution in [0.1, 0.15) is 63.1 Å². The molecule has 0 bridgehead atoms. The van der Waals surface area contributed by atoms with Gasteiger partial charge in [-0.1, -0.05) is 32.1 Å². The molecule has 0 saturated heterocycles. The topological polar surface area (TPSA) is 12.0 Å². The number of hydrogen-bond donors (Lipinski definition) is 1. The molecule has 1 atom stereocenters. The first kappa shape index (κ1) is 12.8. The van der Waals surface area contributed by atoms with E-state index >= 15 is 0 Å². The normalized spacial score (nSPS) is 25.1. The molecule has 3 rings (SSSR count). The van der Waals surface area contributed by atoms with E-state index in [9.17, 15) is 0 Å². The van der Waals surface area contributed by atoms with E-state index in [4.69, 9.17) is 0 Å². The van der Waals surface area contributed by atoms with E-state index in [1.165, 1.54) is 42.5 Å². The van der Waals surface area contributed by atoms with Gasteiger partial charge in [0.1, 0.15) is 0 Å². The molecule has 0 fully saturated rings. The van der Waals surface area contributed by atoms with E-state index in [0.29, 0.717) is 0 Å². The first-order valence-corrected chi connectivity index (χ1v) is 7.82. The van der Waals surface area contributed by atoms with Crippen molar-refractivity contribution < 1.29 is 0 Å². The lowest BCUT2D eigenvalue weighted by atomic mass is 9.81. The van der Waals surface area contributed by atoms with Gasteiger partial charge in [0, 0.05) is 11.3 Å². The summed E-state index contributed by atoms with van der Waals surface area (Å²) in [4.78, 5) is 0. The number of nitrogens with one attached hydrogen (secondary N) is 1. The molecule has 0 radical (unpaired) electrons. The van der Waals surface area contributed by atoms with Crippen molar-refractivity contribution >= 4 is 11.3 Å². The van der Waals surface area contributed by atoms with Gasteiger partial charge < -0.3 is 5.32 Å². The molecule has 1 aliphatic heterocycles. The van der Waals surface area contributed by atoms with E-state index in [1.807, 2.05) is 0 Å². The number of fused-ring (bicyclic) bond motifs is 3. The first-order valence-electron chi connectivity index (χ1n) is 7.82. The second-order valence-electron chi connectivity index (χ2n) is 6.25. The number of aryl methyl sites for hydroxylation is 1. The maximum absolute atomic E-state index is 3.84. The summed E-state index contributed by atoms with van der Waals surface area (Å²) < 4.78 is 0. The van der Waals surface area contributed by atoms with Crippen LogP contribution in [-0.4, -0.2) is 5.54 Å². The smallest absolute Gasteiger partial charge is 0.0531 e. The number of anilines is 1. The SMILES string of the molecule is CCC1=CC(C)(CC)Nc2c1ccc1c2CCCC1. The molecule has 1 nitrogen and oxygen atoms in total. The van der Waals surface area contributed by atoms with Gasteiger partial charge in [-0.15, -0.1) is 0 Å². The molecule has 0 amide bonds. The van der Waals surface area contributed by atoms with Crippen LogP contribution < -0.4 is 5.32 Å². The molecule has 1 heteroatoms. The summed E-state index contributed by atoms with van der Waals surface area (Å²) in [6.07, 6.45) is 9.93. The van der Waals surface area contributed by atoms with E-state index in [2.05, 4.69) is 44.3 Å². The van der Waals surface area contributed by atoms with Gasteiger partial charge in [0.15, 0.2) is 0 Å². The maximum Gasteiger partial charge on any atom is 0.0531 e. The molecule has 1 heterocycles. The summed E-state index contributed by atoms with van der Waals surface area (Å²) in [7, 11) is 0. The highest BCUT2D eigenvalue weighted by molar-refractivity contribution is 5.83. The van der Waals surface area contributed by atoms with Crippen LogP contribution in [-0.2, 0) is 12.8 Å². The minimum Gasteiger partial charge on any atom is -0.376 e. The van der Waals surface area contributed by atoms with Crippen molar-refractivity contribution in [3.63, 3.8) is 0 Å². The fourth-order valence-electron chi connectivity index (χ4n) is 3.51. The second-order valence-corrected chi connectivity index (χ2v) is 6.25. The van der Waals surface area contributed by atoms with Gasteiger partial charge in [-0.05, 0) is 62.1 Å². The molecule has 1 N–H and O–H groups in total. The highest BCUT2D eigenvalue weighted by Gasteiger charge is 2.29. The Labute approximate surface area is 117 Å². The van der Waals surface area contributed by atoms with Crippen LogP contribution >= 0.6 is 0 Å². The molecule has 102 valence electrons. The summed E-state index contributed by atoms with van der Waals surface area (Å²) in [6, 6.07) is 4.71. The van der Waals surface area contributed by atoms with Crippen molar-refractivity contribution in [2.45, 2.75) is 64.8 Å². The highest BCUT2D eigenvalue weighted by Crippen LogP contribution is 2.41. The molecule has 1 aromatic rings. The standard InChI is InChI=1S/C18H25N/c1-4-13-12-18(3,5-2)19-17-15-9-7-6-8-14(15)10-11-16(13)17/h10-12,19H,4-9H2,1-3H3. The fraction of sp³-hybridized carbons (Fsp3) is 0.556. The van der Waals surface area contributed by atoms with Crippen LogP contribution in [0.15, 0.2) is 18.2 Å². The first-order chi connectivity index (χ1) is 9.17. The maximum atomic E-state index is 3.84. The van der Waals surface area contributed by atoms with Gasteiger partial charge in [0.2, 0.25) is 0 Å². The average Bonchev–Trinajstić information content (AvgIpc) is 2.46. The van der Waals surface area contributed by atoms with Gasteiger partial charge in [0.25, 0.3) is 0 Å². The van der Waals surface area contributed by atoms with Crippen molar-refractivity contribution in [1.29, 1.82) is 0 Å². The zero-order valence-corrected chi connectivity index (χ0v) is 12.5. The van der Waals surface area contributed by atoms with Gasteiger partial charge in [-0.2, -0.15) is 0 Å². The van der Waals surface area contributed by atoms with Crippen molar-refractivity contribution in [2.24, 2.45) is 0 Å². The second kappa shape index (κ2) is 4.70. The Bertz CT molecular complexity index is 527. The highest BCUT2D eigenvalue weighted by atomic mass is 15.0. The number of benzene rings is 1. The summed E-state index contributed by atoms with van der Waals surface area (Å²) in [5.41, 5.74) is 7.72. The molecule has 2 aliphatic rings. The van der Waals surface area contributed by atoms with Crippen LogP contribution in [0, 0.1) is 0 Å². The molecule has 1 aromatic carbocycles. The third-order valence-corrected chi connectivity index (χ3v) is 4.90. The predicted octanol–water partition coefficient (Wildman–Crippen LogP) is 4.95. The Morgan fingerprint density at radius 3 is 2.68 bits per heavy atom. The minimum atomic E-state index is 0.130. The van der Waals surface area contributed by atoms with Gasteiger partial charge in [-0.25, -0.2) is 0 Å². The summed E-state index contributed by atoms with van der Waals surface area (Å²) in [6.45, 7) is 6.88. The Morgan fingerprint density at radius 2 is 1.95 bits per heavy atom. The molecular formula is C18H25N. The van der Waals surface area contributed by atoms with E-state index in [-0.39, 0.29) is 5.54 Å². The van der Waals surface area contributed by atoms with Gasteiger partial charge in [0.05, 0.1) is 5.54 Å². The van der Waals surface area contributed by atoms with Crippen molar-refractivity contribution in [1.82, 2.24) is 0 Å². The quantitative estimate of drug-likeness (QED) is 0.788. The monoisotopic (exact) mass is 255 g/mol. The summed E-state index contributed by atoms with van der Waals surface area (Å²) in [5, 5.41) is 3.84. The fourth-order valence-corrected chi connectivity index (χ4v) is 3.51. The molecule has 0 saturated carbocycles. The van der Waals surface area contributed by atoms with Gasteiger partial charge >= 0.3 is 0 Å². The van der Waals surface area contributed by atoms with Crippen LogP contribution in [0.5, 0.6) is 0 Å². The molecule has 0 aromatic heterocycles. The predicted molar refractivity (Wildman–Crippen MR) is 83.7 cm³/mol. The van der Waals surface area contributed by atoms with Gasteiger partial charge in [-0.3, -0.25) is 0 Å². The van der Waals surface area contributed by atoms with Crippen molar-refractivity contribution in [3.8, 4) is 0 Å². The molecule has 0 spiro atoms. The Kier molecular flexibility index (Phi) is 3.16. The Morgan fingerprint density at radius 1 is 1.16 bits per heavy atom. The molecule has 19 heavy (non-hydrogen) atoms. The third-order valence-electron chi connectivity index (χ3n) is 4.90. The Balaban J connectivity index is 2.15. The van der Waals surface area contributed by atoms with Crippen LogP contribution in [0.3, 0.4) is 0 Å². The van der Waals surface area contributed by atoms with E-state index < -0.39 is 0 Å². The van der Waals surface area contributed by atoms with E-state index in [0.717, 1.165) is 12.8 Å². The van der Waals surface area contributed by atoms with Crippen molar-refractivity contribution in [2.75, 3.05) is 5.32 Å². The van der Waals surface area contributed by atoms with Crippen molar-refractivity contribution in [3.05, 3.63) is 34.9 Å². The Hall–Kier alpha value is -1.24. The third kappa shape index (κ3) is 2.09. The zero-order chi connectivity index (χ0) is 13.5. The average molecular weight is 255 g/mol. The summed E-state index contributed by atoms with van der Waals surface area (Å²) >= 11 is 0. The minimum absolute atomic E-state index is 0.130. The lowest BCUT2D eigenvalue weighted by molar-refractivity contribution is 0.602. The summed E-state index contributed by atoms with van der Waals surface area (Å²) in [5.74, 6) is 0. The lowest BCUT2D eigenvalue weighted by Gasteiger charge is -2.37. The number of rotatable bonds is 2.